The molecule has 0 bridgehead atoms. The van der Waals surface area contributed by atoms with Crippen LogP contribution in [0.1, 0.15) is 11.1 Å². The van der Waals surface area contributed by atoms with Gasteiger partial charge in [-0.05, 0) is 47.5 Å². The first-order valence-electron chi connectivity index (χ1n) is 11.9. The summed E-state index contributed by atoms with van der Waals surface area (Å²) < 4.78 is 21.5. The van der Waals surface area contributed by atoms with E-state index in [2.05, 4.69) is 20.6 Å². The van der Waals surface area contributed by atoms with Crippen LogP contribution in [-0.2, 0) is 9.59 Å². The van der Waals surface area contributed by atoms with Crippen molar-refractivity contribution >= 4 is 35.9 Å². The molecule has 4 aliphatic heterocycles. The van der Waals surface area contributed by atoms with E-state index in [0.717, 1.165) is 11.1 Å². The number of rotatable bonds is 5. The molecule has 0 atom stereocenters. The number of carbonyl (C=O) groups is 2. The average molecular weight is 517 g/mol. The fourth-order valence-electron chi connectivity index (χ4n) is 4.21. The summed E-state index contributed by atoms with van der Waals surface area (Å²) in [7, 11) is 3.30. The predicted molar refractivity (Wildman–Crippen MR) is 137 cm³/mol. The van der Waals surface area contributed by atoms with Crippen molar-refractivity contribution in [2.24, 2.45) is 9.98 Å². The Labute approximate surface area is 217 Å². The fourth-order valence-corrected chi connectivity index (χ4v) is 4.21. The first-order chi connectivity index (χ1) is 18.5. The first kappa shape index (κ1) is 23.4. The van der Waals surface area contributed by atoms with Gasteiger partial charge in [-0.25, -0.2) is 0 Å². The molecular formula is C26H24N6O6. The van der Waals surface area contributed by atoms with Gasteiger partial charge in [0.2, 0.25) is 25.5 Å². The molecule has 12 nitrogen and oxygen atoms in total. The van der Waals surface area contributed by atoms with Crippen LogP contribution in [-0.4, -0.2) is 74.3 Å². The van der Waals surface area contributed by atoms with E-state index in [1.54, 1.807) is 38.4 Å². The summed E-state index contributed by atoms with van der Waals surface area (Å²) in [4.78, 5) is 37.2. The molecule has 0 unspecified atom stereocenters. The molecule has 0 radical (unpaired) electrons. The number of amides is 2. The van der Waals surface area contributed by atoms with Gasteiger partial charge in [-0.15, -0.1) is 0 Å². The van der Waals surface area contributed by atoms with Crippen molar-refractivity contribution in [2.45, 2.75) is 0 Å². The highest BCUT2D eigenvalue weighted by molar-refractivity contribution is 6.16. The van der Waals surface area contributed by atoms with Crippen LogP contribution in [0, 0.1) is 0 Å². The second-order valence-corrected chi connectivity index (χ2v) is 8.73. The van der Waals surface area contributed by atoms with Gasteiger partial charge in [-0.2, -0.15) is 0 Å². The molecular weight excluding hydrogens is 492 g/mol. The van der Waals surface area contributed by atoms with Gasteiger partial charge in [-0.1, -0.05) is 12.1 Å². The molecule has 0 aromatic heterocycles. The molecule has 2 aromatic rings. The van der Waals surface area contributed by atoms with Crippen molar-refractivity contribution < 1.29 is 28.5 Å². The minimum Gasteiger partial charge on any atom is -0.454 e. The van der Waals surface area contributed by atoms with Crippen LogP contribution in [0.25, 0.3) is 12.2 Å². The number of benzene rings is 2. The third kappa shape index (κ3) is 4.36. The van der Waals surface area contributed by atoms with Gasteiger partial charge in [0.15, 0.2) is 23.0 Å². The Balaban J connectivity index is 1.09. The summed E-state index contributed by atoms with van der Waals surface area (Å²) in [6.07, 6.45) is 3.47. The zero-order valence-corrected chi connectivity index (χ0v) is 20.7. The van der Waals surface area contributed by atoms with E-state index in [4.69, 9.17) is 18.9 Å². The number of aliphatic imine (C=N–C) groups is 2. The summed E-state index contributed by atoms with van der Waals surface area (Å²) in [5, 5.41) is 6.12. The maximum absolute atomic E-state index is 12.7. The average Bonchev–Trinajstić information content (AvgIpc) is 3.69. The molecule has 4 heterocycles. The smallest absolute Gasteiger partial charge is 0.276 e. The van der Waals surface area contributed by atoms with E-state index in [1.165, 1.54) is 9.80 Å². The van der Waals surface area contributed by atoms with Crippen molar-refractivity contribution in [2.75, 3.05) is 40.8 Å². The quantitative estimate of drug-likeness (QED) is 0.451. The molecule has 0 spiro atoms. The number of guanidine groups is 2. The monoisotopic (exact) mass is 516 g/mol. The summed E-state index contributed by atoms with van der Waals surface area (Å²) in [5.41, 5.74) is 2.40. The van der Waals surface area contributed by atoms with Crippen LogP contribution in [0.5, 0.6) is 23.0 Å². The van der Waals surface area contributed by atoms with Crippen LogP contribution >= 0.6 is 0 Å². The maximum atomic E-state index is 12.7. The molecule has 12 heteroatoms. The summed E-state index contributed by atoms with van der Waals surface area (Å²) >= 11 is 0. The number of carbonyl (C=O) groups excluding carboxylic acids is 2. The molecule has 6 rings (SSSR count). The van der Waals surface area contributed by atoms with Crippen LogP contribution in [0.4, 0.5) is 0 Å². The number of hydrogen-bond donors (Lipinski definition) is 2. The maximum Gasteiger partial charge on any atom is 0.276 e. The second kappa shape index (κ2) is 9.47. The Morgan fingerprint density at radius 3 is 1.58 bits per heavy atom. The van der Waals surface area contributed by atoms with Crippen LogP contribution in [0.3, 0.4) is 0 Å². The van der Waals surface area contributed by atoms with E-state index in [9.17, 15) is 9.59 Å². The van der Waals surface area contributed by atoms with Gasteiger partial charge in [0.25, 0.3) is 11.8 Å². The minimum atomic E-state index is -0.200. The molecule has 2 aromatic carbocycles. The Bertz CT molecular complexity index is 1350. The molecule has 194 valence electrons. The van der Waals surface area contributed by atoms with E-state index < -0.39 is 0 Å². The van der Waals surface area contributed by atoms with Gasteiger partial charge >= 0.3 is 0 Å². The fraction of sp³-hybridized carbons (Fsp3) is 0.231. The lowest BCUT2D eigenvalue weighted by Crippen LogP contribution is -2.29. The van der Waals surface area contributed by atoms with Gasteiger partial charge in [0.05, 0.1) is 13.1 Å². The zero-order valence-electron chi connectivity index (χ0n) is 20.7. The van der Waals surface area contributed by atoms with Gasteiger partial charge in [0, 0.05) is 14.1 Å². The highest BCUT2D eigenvalue weighted by Crippen LogP contribution is 2.34. The Kier molecular flexibility index (Phi) is 5.83. The number of nitrogens with zero attached hydrogens (tertiary/aromatic N) is 4. The minimum absolute atomic E-state index is 0.188. The normalized spacial score (nSPS) is 21.8. The number of fused-ring (bicyclic) bond motifs is 2. The van der Waals surface area contributed by atoms with E-state index in [0.29, 0.717) is 59.4 Å². The second-order valence-electron chi connectivity index (χ2n) is 8.73. The number of hydrogen-bond acceptors (Lipinski definition) is 8. The molecule has 2 fully saturated rings. The molecule has 2 amide bonds. The van der Waals surface area contributed by atoms with Crippen molar-refractivity contribution in [3.63, 3.8) is 0 Å². The van der Waals surface area contributed by atoms with Crippen LogP contribution in [0.15, 0.2) is 57.8 Å². The zero-order chi connectivity index (χ0) is 26.2. The molecule has 2 N–H and O–H groups in total. The largest absolute Gasteiger partial charge is 0.454 e. The lowest BCUT2D eigenvalue weighted by atomic mass is 10.1. The van der Waals surface area contributed by atoms with Gasteiger partial charge in [-0.3, -0.25) is 29.4 Å². The summed E-state index contributed by atoms with van der Waals surface area (Å²) in [5.74, 6) is 3.09. The Morgan fingerprint density at radius 1 is 0.711 bits per heavy atom. The first-order valence-corrected chi connectivity index (χ1v) is 11.9. The van der Waals surface area contributed by atoms with Crippen molar-refractivity contribution in [1.29, 1.82) is 0 Å². The summed E-state index contributed by atoms with van der Waals surface area (Å²) in [6, 6.07) is 10.9. The molecule has 4 aliphatic rings. The molecule has 38 heavy (non-hydrogen) atoms. The lowest BCUT2D eigenvalue weighted by Gasteiger charge is -2.08. The SMILES string of the molecule is CN1C(=O)/C(=C/c2ccc3c(c2)OCO3)NC1=NCCN=C1N/C(=C\c2ccc3c(c2)OCO3)C(=O)N1C. The summed E-state index contributed by atoms with van der Waals surface area (Å²) in [6.45, 7) is 0.998. The van der Waals surface area contributed by atoms with Gasteiger partial charge < -0.3 is 29.6 Å². The van der Waals surface area contributed by atoms with Crippen molar-refractivity contribution in [3.05, 3.63) is 58.9 Å². The Morgan fingerprint density at radius 2 is 1.13 bits per heavy atom. The standard InChI is InChI=1S/C26H24N6O6/c1-31-23(33)17(9-15-3-5-19-21(11-15)37-13-35-19)29-25(31)27-7-8-28-26-30-18(24(34)32(26)2)10-16-4-6-20-22(12-16)38-14-36-20/h3-6,9-12H,7-8,13-14H2,1-2H3,(H,27,29)(H,28,30)/b17-9-,18-10-. The van der Waals surface area contributed by atoms with E-state index in [-0.39, 0.29) is 25.4 Å². The topological polar surface area (TPSA) is 126 Å². The highest BCUT2D eigenvalue weighted by Gasteiger charge is 2.30. The third-order valence-electron chi connectivity index (χ3n) is 6.24. The van der Waals surface area contributed by atoms with Crippen molar-refractivity contribution in [3.8, 4) is 23.0 Å². The predicted octanol–water partition coefficient (Wildman–Crippen LogP) is 1.36. The lowest BCUT2D eigenvalue weighted by molar-refractivity contribution is -0.122. The number of ether oxygens (including phenoxy) is 4. The molecule has 0 aliphatic carbocycles. The molecule has 2 saturated heterocycles. The van der Waals surface area contributed by atoms with Crippen molar-refractivity contribution in [1.82, 2.24) is 20.4 Å². The highest BCUT2D eigenvalue weighted by atomic mass is 16.7. The number of nitrogens with one attached hydrogen (secondary N) is 2. The van der Waals surface area contributed by atoms with Crippen LogP contribution in [0.2, 0.25) is 0 Å². The van der Waals surface area contributed by atoms with Gasteiger partial charge in [0.1, 0.15) is 11.4 Å². The van der Waals surface area contributed by atoms with E-state index >= 15 is 0 Å². The molecule has 0 saturated carbocycles. The van der Waals surface area contributed by atoms with Crippen LogP contribution < -0.4 is 29.6 Å². The Hall–Kier alpha value is -5.00. The third-order valence-corrected chi connectivity index (χ3v) is 6.24. The number of likely N-dealkylation sites (N-methyl/N-ethyl adjacent to an activating group) is 2. The van der Waals surface area contributed by atoms with E-state index in [1.807, 2.05) is 24.3 Å².